The summed E-state index contributed by atoms with van der Waals surface area (Å²) < 4.78 is 32.8. The third-order valence-corrected chi connectivity index (χ3v) is 8.83. The summed E-state index contributed by atoms with van der Waals surface area (Å²) in [6.07, 6.45) is 2.51. The number of aryl methyl sites for hydroxylation is 2. The van der Waals surface area contributed by atoms with Gasteiger partial charge in [-0.1, -0.05) is 17.7 Å². The molecule has 1 aliphatic heterocycles. The number of rotatable bonds is 12. The Bertz CT molecular complexity index is 1660. The van der Waals surface area contributed by atoms with Crippen LogP contribution in [0.1, 0.15) is 43.2 Å². The molecule has 0 bridgehead atoms. The van der Waals surface area contributed by atoms with Gasteiger partial charge in [-0.15, -0.1) is 12.4 Å². The Hall–Kier alpha value is -3.78. The Kier molecular flexibility index (Phi) is 12.1. The van der Waals surface area contributed by atoms with Crippen molar-refractivity contribution in [3.63, 3.8) is 0 Å². The van der Waals surface area contributed by atoms with Crippen LogP contribution in [-0.4, -0.2) is 62.8 Å². The standard InChI is InChI=1S/C30H37N5O7S.ClH/c1-19-8-11-22(12-9-19)43(40,41)32-18-27(36)35-15-5-7-25(35)30(39)34-24(6-3-4-14-31)29(38)33-21-10-13-26-23(17-21)20(2)16-28(37)42-26;/h8-13,16-17,24-25,32H,3-7,14-15,18,31H2,1-2H3,(H,33,38)(H,34,39);1H/t24-,25-;/m0./s1. The van der Waals surface area contributed by atoms with Gasteiger partial charge in [0.2, 0.25) is 27.7 Å². The van der Waals surface area contributed by atoms with E-state index in [2.05, 4.69) is 15.4 Å². The molecule has 0 spiro atoms. The molecule has 12 nitrogen and oxygen atoms in total. The van der Waals surface area contributed by atoms with E-state index in [4.69, 9.17) is 10.2 Å². The predicted molar refractivity (Wildman–Crippen MR) is 169 cm³/mol. The predicted octanol–water partition coefficient (Wildman–Crippen LogP) is 2.35. The van der Waals surface area contributed by atoms with Gasteiger partial charge in [-0.05, 0) is 88.4 Å². The van der Waals surface area contributed by atoms with Gasteiger partial charge < -0.3 is 25.7 Å². The number of nitrogens with two attached hydrogens (primary N) is 1. The van der Waals surface area contributed by atoms with Crippen LogP contribution in [0.4, 0.5) is 5.69 Å². The zero-order valence-corrected chi connectivity index (χ0v) is 26.3. The molecule has 4 rings (SSSR count). The number of carbonyl (C=O) groups excluding carboxylic acids is 3. The van der Waals surface area contributed by atoms with Crippen LogP contribution in [0.25, 0.3) is 11.0 Å². The minimum Gasteiger partial charge on any atom is -0.423 e. The molecule has 0 saturated carbocycles. The molecule has 0 unspecified atom stereocenters. The summed E-state index contributed by atoms with van der Waals surface area (Å²) in [5, 5.41) is 6.29. The second kappa shape index (κ2) is 15.3. The first kappa shape index (κ1) is 34.7. The fourth-order valence-electron chi connectivity index (χ4n) is 5.05. The van der Waals surface area contributed by atoms with Crippen LogP contribution >= 0.6 is 12.4 Å². The molecule has 3 amide bonds. The van der Waals surface area contributed by atoms with Crippen molar-refractivity contribution in [1.29, 1.82) is 0 Å². The molecule has 5 N–H and O–H groups in total. The quantitative estimate of drug-likeness (QED) is 0.171. The fraction of sp³-hybridized carbons (Fsp3) is 0.400. The Labute approximate surface area is 262 Å². The number of anilines is 1. The maximum absolute atomic E-state index is 13.4. The van der Waals surface area contributed by atoms with E-state index < -0.39 is 52.0 Å². The van der Waals surface area contributed by atoms with Gasteiger partial charge in [0.15, 0.2) is 0 Å². The summed E-state index contributed by atoms with van der Waals surface area (Å²) in [5.41, 5.74) is 7.62. The molecule has 0 radical (unpaired) electrons. The Balaban J connectivity index is 0.00000529. The topological polar surface area (TPSA) is 181 Å². The maximum atomic E-state index is 13.4. The number of hydrogen-bond acceptors (Lipinski definition) is 8. The van der Waals surface area contributed by atoms with E-state index in [9.17, 15) is 27.6 Å². The Morgan fingerprint density at radius 3 is 2.50 bits per heavy atom. The first-order chi connectivity index (χ1) is 20.5. The number of benzene rings is 2. The fourth-order valence-corrected chi connectivity index (χ4v) is 6.03. The molecule has 238 valence electrons. The lowest BCUT2D eigenvalue weighted by atomic mass is 10.1. The van der Waals surface area contributed by atoms with Gasteiger partial charge in [0.05, 0.1) is 11.4 Å². The number of amides is 3. The lowest BCUT2D eigenvalue weighted by Gasteiger charge is -2.26. The second-order valence-corrected chi connectivity index (χ2v) is 12.4. The summed E-state index contributed by atoms with van der Waals surface area (Å²) in [7, 11) is -3.91. The van der Waals surface area contributed by atoms with E-state index in [0.717, 1.165) is 5.56 Å². The van der Waals surface area contributed by atoms with E-state index >= 15 is 0 Å². The van der Waals surface area contributed by atoms with Gasteiger partial charge in [0, 0.05) is 23.7 Å². The Morgan fingerprint density at radius 1 is 1.07 bits per heavy atom. The van der Waals surface area contributed by atoms with Gasteiger partial charge in [-0.2, -0.15) is 0 Å². The number of nitrogens with one attached hydrogen (secondary N) is 3. The van der Waals surface area contributed by atoms with Crippen LogP contribution in [0.5, 0.6) is 0 Å². The number of fused-ring (bicyclic) bond motifs is 1. The number of nitrogens with zero attached hydrogens (tertiary/aromatic N) is 1. The molecule has 1 fully saturated rings. The van der Waals surface area contributed by atoms with Crippen molar-refractivity contribution in [3.8, 4) is 0 Å². The van der Waals surface area contributed by atoms with Crippen LogP contribution in [0.2, 0.25) is 0 Å². The van der Waals surface area contributed by atoms with Crippen molar-refractivity contribution < 1.29 is 27.2 Å². The van der Waals surface area contributed by atoms with Crippen LogP contribution in [0.3, 0.4) is 0 Å². The smallest absolute Gasteiger partial charge is 0.336 e. The summed E-state index contributed by atoms with van der Waals surface area (Å²) >= 11 is 0. The molecule has 0 aliphatic carbocycles. The zero-order valence-electron chi connectivity index (χ0n) is 24.6. The average Bonchev–Trinajstić information content (AvgIpc) is 3.46. The van der Waals surface area contributed by atoms with Crippen molar-refractivity contribution in [3.05, 3.63) is 70.1 Å². The largest absolute Gasteiger partial charge is 0.423 e. The van der Waals surface area contributed by atoms with Gasteiger partial charge in [0.1, 0.15) is 17.7 Å². The molecule has 14 heteroatoms. The van der Waals surface area contributed by atoms with Gasteiger partial charge in [-0.3, -0.25) is 14.4 Å². The van der Waals surface area contributed by atoms with Crippen LogP contribution in [-0.2, 0) is 24.4 Å². The molecular formula is C30H38ClN5O7S. The number of carbonyl (C=O) groups is 3. The van der Waals surface area contributed by atoms with Crippen molar-refractivity contribution >= 4 is 56.8 Å². The van der Waals surface area contributed by atoms with E-state index in [1.165, 1.54) is 23.1 Å². The maximum Gasteiger partial charge on any atom is 0.336 e. The minimum atomic E-state index is -3.91. The average molecular weight is 648 g/mol. The minimum absolute atomic E-state index is 0. The van der Waals surface area contributed by atoms with Crippen LogP contribution in [0.15, 0.2) is 62.6 Å². The summed E-state index contributed by atoms with van der Waals surface area (Å²) in [4.78, 5) is 52.8. The number of hydrogen-bond donors (Lipinski definition) is 4. The van der Waals surface area contributed by atoms with Gasteiger partial charge in [0.25, 0.3) is 0 Å². The monoisotopic (exact) mass is 647 g/mol. The molecular weight excluding hydrogens is 610 g/mol. The van der Waals surface area contributed by atoms with Crippen molar-refractivity contribution in [1.82, 2.24) is 14.9 Å². The highest BCUT2D eigenvalue weighted by atomic mass is 35.5. The Morgan fingerprint density at radius 2 is 1.80 bits per heavy atom. The number of likely N-dealkylation sites (tertiary alicyclic amines) is 1. The highest BCUT2D eigenvalue weighted by Crippen LogP contribution is 2.22. The van der Waals surface area contributed by atoms with Gasteiger partial charge >= 0.3 is 5.63 Å². The first-order valence-electron chi connectivity index (χ1n) is 14.2. The molecule has 1 aliphatic rings. The molecule has 44 heavy (non-hydrogen) atoms. The third-order valence-electron chi connectivity index (χ3n) is 7.42. The molecule has 1 aromatic heterocycles. The SMILES string of the molecule is Cc1ccc(S(=O)(=O)NCC(=O)N2CCC[C@H]2C(=O)N[C@@H](CCCCN)C(=O)Nc2ccc3oc(=O)cc(C)c3c2)cc1.Cl. The van der Waals surface area contributed by atoms with Crippen molar-refractivity contribution in [2.24, 2.45) is 5.73 Å². The van der Waals surface area contributed by atoms with E-state index in [1.54, 1.807) is 37.3 Å². The highest BCUT2D eigenvalue weighted by molar-refractivity contribution is 7.89. The van der Waals surface area contributed by atoms with Crippen molar-refractivity contribution in [2.75, 3.05) is 25.0 Å². The highest BCUT2D eigenvalue weighted by Gasteiger charge is 2.36. The summed E-state index contributed by atoms with van der Waals surface area (Å²) in [6.45, 7) is 3.83. The van der Waals surface area contributed by atoms with E-state index in [1.807, 2.05) is 6.92 Å². The number of halogens is 1. The van der Waals surface area contributed by atoms with Crippen LogP contribution < -0.4 is 26.7 Å². The summed E-state index contributed by atoms with van der Waals surface area (Å²) in [5.74, 6) is -1.46. The number of sulfonamides is 1. The second-order valence-electron chi connectivity index (χ2n) is 10.7. The number of unbranched alkanes of at least 4 members (excludes halogenated alkanes) is 1. The normalized spacial score (nSPS) is 15.4. The van der Waals surface area contributed by atoms with Crippen molar-refractivity contribution in [2.45, 2.75) is 62.9 Å². The summed E-state index contributed by atoms with van der Waals surface area (Å²) in [6, 6.07) is 10.8. The first-order valence-corrected chi connectivity index (χ1v) is 15.7. The molecule has 2 aromatic carbocycles. The molecule has 2 heterocycles. The molecule has 3 aromatic rings. The molecule has 2 atom stereocenters. The van der Waals surface area contributed by atoms with E-state index in [-0.39, 0.29) is 17.3 Å². The molecule has 1 saturated heterocycles. The van der Waals surface area contributed by atoms with E-state index in [0.29, 0.717) is 67.4 Å². The van der Waals surface area contributed by atoms with Gasteiger partial charge in [-0.25, -0.2) is 17.9 Å². The lowest BCUT2D eigenvalue weighted by molar-refractivity contribution is -0.138. The lowest BCUT2D eigenvalue weighted by Crippen LogP contribution is -2.53. The third kappa shape index (κ3) is 8.65. The zero-order chi connectivity index (χ0) is 31.1. The van der Waals surface area contributed by atoms with Crippen LogP contribution in [0, 0.1) is 13.8 Å².